The monoisotopic (exact) mass is 463 g/mol. The number of hydrogen-bond donors (Lipinski definition) is 1. The third-order valence-electron chi connectivity index (χ3n) is 5.88. The van der Waals surface area contributed by atoms with Crippen LogP contribution in [-0.2, 0) is 11.3 Å². The van der Waals surface area contributed by atoms with E-state index in [0.29, 0.717) is 27.3 Å². The molecule has 0 atom stereocenters. The molecule has 0 aliphatic carbocycles. The first kappa shape index (κ1) is 22.5. The number of carbonyl (C=O) groups is 1. The van der Waals surface area contributed by atoms with Crippen molar-refractivity contribution in [3.05, 3.63) is 84.9 Å². The molecule has 8 heteroatoms. The third kappa shape index (κ3) is 4.09. The fourth-order valence-electron chi connectivity index (χ4n) is 3.71. The summed E-state index contributed by atoms with van der Waals surface area (Å²) < 4.78 is 7.69. The van der Waals surface area contributed by atoms with Gasteiger partial charge >= 0.3 is 5.69 Å². The van der Waals surface area contributed by atoms with Crippen molar-refractivity contribution < 1.29 is 9.53 Å². The summed E-state index contributed by atoms with van der Waals surface area (Å²) in [6, 6.07) is 12.4. The van der Waals surface area contributed by atoms with Gasteiger partial charge in [-0.25, -0.2) is 9.36 Å². The van der Waals surface area contributed by atoms with Crippen LogP contribution in [0, 0.1) is 27.7 Å². The van der Waals surface area contributed by atoms with E-state index in [1.165, 1.54) is 15.9 Å². The van der Waals surface area contributed by atoms with Crippen molar-refractivity contribution >= 4 is 33.1 Å². The average molecular weight is 464 g/mol. The number of benzene rings is 2. The Morgan fingerprint density at radius 3 is 2.33 bits per heavy atom. The van der Waals surface area contributed by atoms with Crippen LogP contribution < -0.4 is 21.3 Å². The molecule has 0 saturated heterocycles. The third-order valence-corrected chi connectivity index (χ3v) is 7.11. The zero-order valence-corrected chi connectivity index (χ0v) is 20.0. The number of nitrogens with one attached hydrogen (secondary N) is 1. The Labute approximate surface area is 194 Å². The van der Waals surface area contributed by atoms with E-state index in [9.17, 15) is 14.4 Å². The van der Waals surface area contributed by atoms with Crippen LogP contribution in [-0.4, -0.2) is 22.2 Å². The predicted molar refractivity (Wildman–Crippen MR) is 132 cm³/mol. The van der Waals surface area contributed by atoms with E-state index in [2.05, 4.69) is 5.32 Å². The Morgan fingerprint density at radius 1 is 1.00 bits per heavy atom. The molecule has 33 heavy (non-hydrogen) atoms. The maximum Gasteiger partial charge on any atom is 0.337 e. The van der Waals surface area contributed by atoms with Crippen LogP contribution in [0.5, 0.6) is 5.75 Å². The van der Waals surface area contributed by atoms with E-state index in [1.54, 1.807) is 37.4 Å². The first-order valence-corrected chi connectivity index (χ1v) is 11.3. The minimum atomic E-state index is -0.540. The molecular formula is C25H25N3O4S. The van der Waals surface area contributed by atoms with Gasteiger partial charge in [0.25, 0.3) is 5.56 Å². The smallest absolute Gasteiger partial charge is 0.337 e. The molecule has 1 amide bonds. The molecule has 0 saturated carbocycles. The second-order valence-corrected chi connectivity index (χ2v) is 9.22. The van der Waals surface area contributed by atoms with Crippen molar-refractivity contribution in [2.24, 2.45) is 0 Å². The highest BCUT2D eigenvalue weighted by Crippen LogP contribution is 2.27. The Kier molecular flexibility index (Phi) is 5.95. The molecule has 2 aromatic heterocycles. The van der Waals surface area contributed by atoms with Gasteiger partial charge in [-0.05, 0) is 80.8 Å². The van der Waals surface area contributed by atoms with Gasteiger partial charge in [0, 0.05) is 10.6 Å². The number of nitrogens with zero attached hydrogens (tertiary/aromatic N) is 2. The summed E-state index contributed by atoms with van der Waals surface area (Å²) in [7, 11) is 1.57. The lowest BCUT2D eigenvalue weighted by atomic mass is 10.1. The molecule has 0 unspecified atom stereocenters. The lowest BCUT2D eigenvalue weighted by molar-refractivity contribution is -0.116. The molecule has 2 heterocycles. The molecule has 7 nitrogen and oxygen atoms in total. The predicted octanol–water partition coefficient (Wildman–Crippen LogP) is 4.09. The fraction of sp³-hybridized carbons (Fsp3) is 0.240. The van der Waals surface area contributed by atoms with Gasteiger partial charge in [0.2, 0.25) is 5.91 Å². The number of aromatic nitrogens is 2. The van der Waals surface area contributed by atoms with E-state index in [4.69, 9.17) is 4.74 Å². The van der Waals surface area contributed by atoms with Crippen LogP contribution in [0.2, 0.25) is 0 Å². The van der Waals surface area contributed by atoms with Crippen molar-refractivity contribution in [2.75, 3.05) is 12.4 Å². The quantitative estimate of drug-likeness (QED) is 0.483. The normalized spacial score (nSPS) is 11.1. The van der Waals surface area contributed by atoms with Gasteiger partial charge in [-0.1, -0.05) is 6.07 Å². The highest BCUT2D eigenvalue weighted by molar-refractivity contribution is 7.18. The van der Waals surface area contributed by atoms with Crippen molar-refractivity contribution in [3.63, 3.8) is 0 Å². The summed E-state index contributed by atoms with van der Waals surface area (Å²) in [5.74, 6) is 0.313. The molecular weight excluding hydrogens is 438 g/mol. The molecule has 0 bridgehead atoms. The zero-order valence-electron chi connectivity index (χ0n) is 19.2. The molecule has 170 valence electrons. The number of fused-ring (bicyclic) bond motifs is 1. The Morgan fingerprint density at radius 2 is 1.70 bits per heavy atom. The molecule has 1 N–H and O–H groups in total. The number of methoxy groups -OCH3 is 1. The Hall–Kier alpha value is -3.65. The minimum Gasteiger partial charge on any atom is -0.497 e. The van der Waals surface area contributed by atoms with Crippen LogP contribution >= 0.6 is 11.3 Å². The van der Waals surface area contributed by atoms with Crippen molar-refractivity contribution in [2.45, 2.75) is 34.2 Å². The van der Waals surface area contributed by atoms with Gasteiger partial charge in [0.1, 0.15) is 17.1 Å². The largest absolute Gasteiger partial charge is 0.497 e. The molecule has 2 aromatic carbocycles. The molecule has 0 aliphatic heterocycles. The maximum atomic E-state index is 13.5. The van der Waals surface area contributed by atoms with E-state index >= 15 is 0 Å². The molecule has 0 radical (unpaired) electrons. The van der Waals surface area contributed by atoms with Gasteiger partial charge in [-0.3, -0.25) is 14.2 Å². The van der Waals surface area contributed by atoms with Crippen LogP contribution in [0.3, 0.4) is 0 Å². The summed E-state index contributed by atoms with van der Waals surface area (Å²) in [5.41, 5.74) is 3.03. The zero-order chi connectivity index (χ0) is 23.9. The number of hydrogen-bond acceptors (Lipinski definition) is 5. The summed E-state index contributed by atoms with van der Waals surface area (Å²) in [6.45, 7) is 7.47. The first-order chi connectivity index (χ1) is 15.7. The van der Waals surface area contributed by atoms with Crippen LogP contribution in [0.15, 0.2) is 52.1 Å². The second kappa shape index (κ2) is 8.71. The molecule has 4 aromatic rings. The van der Waals surface area contributed by atoms with Gasteiger partial charge in [-0.15, -0.1) is 11.3 Å². The van der Waals surface area contributed by atoms with Crippen molar-refractivity contribution in [1.29, 1.82) is 0 Å². The van der Waals surface area contributed by atoms with Crippen LogP contribution in [0.1, 0.15) is 21.6 Å². The fourth-order valence-corrected chi connectivity index (χ4v) is 4.85. The number of amides is 1. The molecule has 0 aliphatic rings. The second-order valence-electron chi connectivity index (χ2n) is 8.02. The average Bonchev–Trinajstić information content (AvgIpc) is 3.08. The first-order valence-electron chi connectivity index (χ1n) is 10.5. The number of aryl methyl sites for hydroxylation is 4. The van der Waals surface area contributed by atoms with E-state index in [-0.39, 0.29) is 18.0 Å². The number of carbonyl (C=O) groups excluding carboxylic acids is 1. The maximum absolute atomic E-state index is 13.5. The standard InChI is InChI=1S/C25H25N3O4S/c1-14-6-9-19(12-15(14)2)28-23(30)22-16(3)17(4)33-24(22)27(25(28)31)13-21(29)26-18-7-10-20(32-5)11-8-18/h6-12H,13H2,1-5H3,(H,26,29). The lowest BCUT2D eigenvalue weighted by Gasteiger charge is -2.13. The summed E-state index contributed by atoms with van der Waals surface area (Å²) in [4.78, 5) is 41.3. The number of ether oxygens (including phenoxy) is 1. The molecule has 0 fully saturated rings. The van der Waals surface area contributed by atoms with Crippen molar-refractivity contribution in [1.82, 2.24) is 9.13 Å². The SMILES string of the molecule is COc1ccc(NC(=O)Cn2c(=O)n(-c3ccc(C)c(C)c3)c(=O)c3c(C)c(C)sc32)cc1. The highest BCUT2D eigenvalue weighted by Gasteiger charge is 2.21. The van der Waals surface area contributed by atoms with Gasteiger partial charge in [-0.2, -0.15) is 0 Å². The number of anilines is 1. The summed E-state index contributed by atoms with van der Waals surface area (Å²) in [6.07, 6.45) is 0. The van der Waals surface area contributed by atoms with Crippen molar-refractivity contribution in [3.8, 4) is 11.4 Å². The van der Waals surface area contributed by atoms with Gasteiger partial charge < -0.3 is 10.1 Å². The minimum absolute atomic E-state index is 0.216. The van der Waals surface area contributed by atoms with E-state index in [1.807, 2.05) is 39.8 Å². The molecule has 4 rings (SSSR count). The Bertz CT molecular complexity index is 1490. The number of thiophene rings is 1. The topological polar surface area (TPSA) is 82.3 Å². The van der Waals surface area contributed by atoms with E-state index in [0.717, 1.165) is 26.1 Å². The summed E-state index contributed by atoms with van der Waals surface area (Å²) in [5, 5.41) is 3.27. The van der Waals surface area contributed by atoms with E-state index < -0.39 is 5.69 Å². The van der Waals surface area contributed by atoms with Gasteiger partial charge in [0.05, 0.1) is 18.2 Å². The van der Waals surface area contributed by atoms with Crippen LogP contribution in [0.25, 0.3) is 15.9 Å². The highest BCUT2D eigenvalue weighted by atomic mass is 32.1. The van der Waals surface area contributed by atoms with Gasteiger partial charge in [0.15, 0.2) is 0 Å². The lowest BCUT2D eigenvalue weighted by Crippen LogP contribution is -2.40. The van der Waals surface area contributed by atoms with Crippen LogP contribution in [0.4, 0.5) is 5.69 Å². The Balaban J connectivity index is 1.84. The molecule has 0 spiro atoms. The summed E-state index contributed by atoms with van der Waals surface area (Å²) >= 11 is 1.35. The number of rotatable bonds is 5.